The maximum Gasteiger partial charge on any atom is 0.421 e. The highest BCUT2D eigenvalue weighted by Gasteiger charge is 2.25. The van der Waals surface area contributed by atoms with Crippen molar-refractivity contribution in [3.8, 4) is 0 Å². The van der Waals surface area contributed by atoms with E-state index in [1.807, 2.05) is 4.72 Å². The topological polar surface area (TPSA) is 87.7 Å². The summed E-state index contributed by atoms with van der Waals surface area (Å²) in [5.41, 5.74) is 0. The molecule has 1 aliphatic heterocycles. The molecule has 1 fully saturated rings. The van der Waals surface area contributed by atoms with Crippen LogP contribution in [0, 0.1) is 0 Å². The molecule has 1 unspecified atom stereocenters. The van der Waals surface area contributed by atoms with Crippen LogP contribution in [0.5, 0.6) is 0 Å². The Labute approximate surface area is 102 Å². The van der Waals surface area contributed by atoms with Crippen LogP contribution in [0.1, 0.15) is 19.8 Å². The van der Waals surface area contributed by atoms with Gasteiger partial charge in [0.15, 0.2) is 0 Å². The highest BCUT2D eigenvalue weighted by atomic mass is 32.2. The van der Waals surface area contributed by atoms with E-state index in [2.05, 4.69) is 10.1 Å². The predicted octanol–water partition coefficient (Wildman–Crippen LogP) is -0.339. The molecule has 8 heteroatoms. The van der Waals surface area contributed by atoms with Crippen LogP contribution in [0.2, 0.25) is 0 Å². The molecule has 7 nitrogen and oxygen atoms in total. The molecule has 0 radical (unpaired) electrons. The molecule has 1 atom stereocenters. The lowest BCUT2D eigenvalue weighted by atomic mass is 10.2. The molecule has 0 aromatic heterocycles. The normalized spacial score (nSPS) is 20.5. The predicted molar refractivity (Wildman–Crippen MR) is 62.7 cm³/mol. The van der Waals surface area contributed by atoms with Crippen LogP contribution in [0.15, 0.2) is 0 Å². The van der Waals surface area contributed by atoms with Gasteiger partial charge in [-0.25, -0.2) is 9.52 Å². The van der Waals surface area contributed by atoms with E-state index >= 15 is 0 Å². The van der Waals surface area contributed by atoms with Crippen molar-refractivity contribution in [3.63, 3.8) is 0 Å². The van der Waals surface area contributed by atoms with Crippen LogP contribution in [0.3, 0.4) is 0 Å². The summed E-state index contributed by atoms with van der Waals surface area (Å²) in [6.07, 6.45) is 1.04. The minimum atomic E-state index is -3.80. The molecule has 0 saturated carbocycles. The Morgan fingerprint density at radius 1 is 1.59 bits per heavy atom. The first-order chi connectivity index (χ1) is 7.95. The second kappa shape index (κ2) is 6.18. The summed E-state index contributed by atoms with van der Waals surface area (Å²) >= 11 is 0. The maximum absolute atomic E-state index is 11.7. The number of rotatable bonds is 5. The highest BCUT2D eigenvalue weighted by Crippen LogP contribution is 2.07. The van der Waals surface area contributed by atoms with Gasteiger partial charge in [-0.3, -0.25) is 0 Å². The molecule has 1 rings (SSSR count). The molecule has 1 aliphatic rings. The molecule has 0 aromatic carbocycles. The van der Waals surface area contributed by atoms with Gasteiger partial charge in [-0.2, -0.15) is 12.7 Å². The lowest BCUT2D eigenvalue weighted by molar-refractivity contribution is 0.158. The van der Waals surface area contributed by atoms with Crippen LogP contribution in [-0.2, 0) is 14.9 Å². The van der Waals surface area contributed by atoms with Crippen LogP contribution >= 0.6 is 0 Å². The van der Waals surface area contributed by atoms with Gasteiger partial charge in [-0.15, -0.1) is 0 Å². The van der Waals surface area contributed by atoms with Crippen molar-refractivity contribution in [2.75, 3.05) is 26.7 Å². The number of ether oxygens (including phenoxy) is 1. The van der Waals surface area contributed by atoms with E-state index in [9.17, 15) is 13.2 Å². The SMILES string of the molecule is CCOC(=O)NS(=O)(=O)N(C)CC1CCCN1. The zero-order chi connectivity index (χ0) is 12.9. The average molecular weight is 265 g/mol. The minimum Gasteiger partial charge on any atom is -0.449 e. The molecule has 100 valence electrons. The fourth-order valence-electron chi connectivity index (χ4n) is 1.66. The van der Waals surface area contributed by atoms with Crippen LogP contribution in [-0.4, -0.2) is 51.6 Å². The van der Waals surface area contributed by atoms with Crippen LogP contribution < -0.4 is 10.0 Å². The summed E-state index contributed by atoms with van der Waals surface area (Å²) in [4.78, 5) is 11.0. The Kier molecular flexibility index (Phi) is 5.16. The van der Waals surface area contributed by atoms with Gasteiger partial charge in [0.05, 0.1) is 6.61 Å². The first kappa shape index (κ1) is 14.2. The molecule has 1 saturated heterocycles. The summed E-state index contributed by atoms with van der Waals surface area (Å²) in [5.74, 6) is 0. The number of hydrogen-bond acceptors (Lipinski definition) is 5. The van der Waals surface area contributed by atoms with Crippen molar-refractivity contribution < 1.29 is 17.9 Å². The summed E-state index contributed by atoms with van der Waals surface area (Å²) in [5, 5.41) is 3.19. The van der Waals surface area contributed by atoms with Gasteiger partial charge in [-0.1, -0.05) is 0 Å². The Bertz CT molecular complexity index is 351. The molecule has 17 heavy (non-hydrogen) atoms. The zero-order valence-corrected chi connectivity index (χ0v) is 10.9. The first-order valence-corrected chi connectivity index (χ1v) is 7.04. The van der Waals surface area contributed by atoms with Gasteiger partial charge in [-0.05, 0) is 26.3 Å². The second-order valence-electron chi connectivity index (χ2n) is 3.90. The Morgan fingerprint density at radius 3 is 2.82 bits per heavy atom. The monoisotopic (exact) mass is 265 g/mol. The average Bonchev–Trinajstić information content (AvgIpc) is 2.69. The third-order valence-electron chi connectivity index (χ3n) is 2.54. The van der Waals surface area contributed by atoms with Gasteiger partial charge < -0.3 is 10.1 Å². The number of nitrogens with one attached hydrogen (secondary N) is 2. The highest BCUT2D eigenvalue weighted by molar-refractivity contribution is 7.87. The zero-order valence-electron chi connectivity index (χ0n) is 10.1. The quantitative estimate of drug-likeness (QED) is 0.710. The molecule has 0 aliphatic carbocycles. The molecule has 1 amide bonds. The van der Waals surface area contributed by atoms with E-state index in [-0.39, 0.29) is 12.6 Å². The third-order valence-corrected chi connectivity index (χ3v) is 3.93. The van der Waals surface area contributed by atoms with E-state index in [1.54, 1.807) is 6.92 Å². The molecule has 0 aromatic rings. The number of carbonyl (C=O) groups excluding carboxylic acids is 1. The Balaban J connectivity index is 2.47. The van der Waals surface area contributed by atoms with E-state index < -0.39 is 16.3 Å². The summed E-state index contributed by atoms with van der Waals surface area (Å²) in [7, 11) is -2.37. The van der Waals surface area contributed by atoms with Crippen LogP contribution in [0.4, 0.5) is 4.79 Å². The molecule has 0 bridgehead atoms. The summed E-state index contributed by atoms with van der Waals surface area (Å²) in [6.45, 7) is 2.99. The van der Waals surface area contributed by atoms with Crippen molar-refractivity contribution in [2.45, 2.75) is 25.8 Å². The molecule has 2 N–H and O–H groups in total. The number of likely N-dealkylation sites (N-methyl/N-ethyl adjacent to an activating group) is 1. The van der Waals surface area contributed by atoms with E-state index in [0.29, 0.717) is 6.54 Å². The summed E-state index contributed by atoms with van der Waals surface area (Å²) < 4.78 is 30.9. The largest absolute Gasteiger partial charge is 0.449 e. The second-order valence-corrected chi connectivity index (χ2v) is 5.68. The standard InChI is InChI=1S/C9H19N3O4S/c1-3-16-9(13)11-17(14,15)12(2)7-8-5-4-6-10-8/h8,10H,3-7H2,1-2H3,(H,11,13). The van der Waals surface area contributed by atoms with Gasteiger partial charge >= 0.3 is 16.3 Å². The lowest BCUT2D eigenvalue weighted by Gasteiger charge is -2.20. The van der Waals surface area contributed by atoms with Gasteiger partial charge in [0, 0.05) is 19.6 Å². The summed E-state index contributed by atoms with van der Waals surface area (Å²) in [6, 6.07) is 0.152. The van der Waals surface area contributed by atoms with Crippen molar-refractivity contribution in [2.24, 2.45) is 0 Å². The minimum absolute atomic E-state index is 0.134. The van der Waals surface area contributed by atoms with E-state index in [1.165, 1.54) is 7.05 Å². The fraction of sp³-hybridized carbons (Fsp3) is 0.889. The maximum atomic E-state index is 11.7. The fourth-order valence-corrected chi connectivity index (χ4v) is 2.47. The molecule has 1 heterocycles. The Hall–Kier alpha value is -0.860. The smallest absolute Gasteiger partial charge is 0.421 e. The van der Waals surface area contributed by atoms with Gasteiger partial charge in [0.1, 0.15) is 0 Å². The van der Waals surface area contributed by atoms with Crippen molar-refractivity contribution in [1.29, 1.82) is 0 Å². The van der Waals surface area contributed by atoms with Gasteiger partial charge in [0.25, 0.3) is 0 Å². The number of hydrogen-bond donors (Lipinski definition) is 2. The third kappa shape index (κ3) is 4.49. The number of carbonyl (C=O) groups is 1. The molecule has 0 spiro atoms. The lowest BCUT2D eigenvalue weighted by Crippen LogP contribution is -2.46. The number of amides is 1. The van der Waals surface area contributed by atoms with E-state index in [4.69, 9.17) is 0 Å². The molecular formula is C9H19N3O4S. The van der Waals surface area contributed by atoms with Crippen molar-refractivity contribution in [3.05, 3.63) is 0 Å². The molecular weight excluding hydrogens is 246 g/mol. The van der Waals surface area contributed by atoms with Crippen molar-refractivity contribution in [1.82, 2.24) is 14.3 Å². The Morgan fingerprint density at radius 2 is 2.29 bits per heavy atom. The van der Waals surface area contributed by atoms with Crippen molar-refractivity contribution >= 4 is 16.3 Å². The number of nitrogens with zero attached hydrogens (tertiary/aromatic N) is 1. The van der Waals surface area contributed by atoms with Gasteiger partial charge in [0.2, 0.25) is 0 Å². The van der Waals surface area contributed by atoms with Crippen LogP contribution in [0.25, 0.3) is 0 Å². The van der Waals surface area contributed by atoms with E-state index in [0.717, 1.165) is 23.7 Å². The first-order valence-electron chi connectivity index (χ1n) is 5.60.